The molecule has 0 saturated carbocycles. The Morgan fingerprint density at radius 3 is 1.76 bits per heavy atom. The summed E-state index contributed by atoms with van der Waals surface area (Å²) in [6, 6.07) is 8.66. The highest BCUT2D eigenvalue weighted by atomic mass is 32.2. The Hall–Kier alpha value is -5.01. The van der Waals surface area contributed by atoms with E-state index in [4.69, 9.17) is 14.2 Å². The van der Waals surface area contributed by atoms with Gasteiger partial charge >= 0.3 is 5.97 Å². The molecule has 0 fully saturated rings. The first-order valence-electron chi connectivity index (χ1n) is 23.2. The molecule has 6 rings (SSSR count). The van der Waals surface area contributed by atoms with Gasteiger partial charge in [-0.1, -0.05) is 24.3 Å². The van der Waals surface area contributed by atoms with E-state index in [-0.39, 0.29) is 79.3 Å². The highest BCUT2D eigenvalue weighted by Crippen LogP contribution is 2.54. The van der Waals surface area contributed by atoms with Gasteiger partial charge in [0.2, 0.25) is 5.69 Å². The summed E-state index contributed by atoms with van der Waals surface area (Å²) in [6.07, 6.45) is 9.01. The van der Waals surface area contributed by atoms with Gasteiger partial charge in [-0.05, 0) is 111 Å². The maximum Gasteiger partial charge on any atom is 0.303 e. The van der Waals surface area contributed by atoms with Gasteiger partial charge < -0.3 is 47.0 Å². The number of anilines is 1. The van der Waals surface area contributed by atoms with E-state index in [0.29, 0.717) is 73.0 Å². The number of benzene rings is 4. The normalized spacial score (nSPS) is 17.9. The lowest BCUT2D eigenvalue weighted by atomic mass is 9.75. The number of allylic oxidation sites excluding steroid dienone is 6. The van der Waals surface area contributed by atoms with E-state index in [1.165, 1.54) is 25.3 Å². The fourth-order valence-corrected chi connectivity index (χ4v) is 13.0. The van der Waals surface area contributed by atoms with Gasteiger partial charge in [-0.15, -0.1) is 0 Å². The van der Waals surface area contributed by atoms with Gasteiger partial charge in [-0.25, -0.2) is 42.1 Å². The standard InChI is InChI=1S/C48H58N2O20S5/c1-47(2)42(49(20-10-6-9-14-44(51)52)38-17-15-34-36(45(38)47)28-32(72(56,57)58)30-40(34)74(62,63)64)12-7-5-8-13-43-48(3,19-11-27-71(53,54)55)46-37-29-33(73(59,60)61)31-41(75(65,66)67)35(37)16-18-39(46)50(43)21-22-69-25-26-70-24-23-68-4/h5,7-8,12-13,15-18,28-31H,6,9-11,14,19-27H2,1-4H3,(H5-,51,52,53,54,55,56,57,58,59,60,61,62,63,64,65,66,67)/p-4. The number of hydrogen-bond acceptors (Lipinski definition) is 20. The van der Waals surface area contributed by atoms with Crippen molar-refractivity contribution in [3.63, 3.8) is 0 Å². The Bertz CT molecular complexity index is 3610. The van der Waals surface area contributed by atoms with Crippen LogP contribution in [0.25, 0.3) is 21.5 Å². The molecule has 410 valence electrons. The molecule has 1 N–H and O–H groups in total. The van der Waals surface area contributed by atoms with Crippen LogP contribution in [0.4, 0.5) is 11.4 Å². The molecule has 0 aliphatic carbocycles. The molecule has 75 heavy (non-hydrogen) atoms. The summed E-state index contributed by atoms with van der Waals surface area (Å²) in [4.78, 5) is 9.17. The Balaban J connectivity index is 1.51. The Morgan fingerprint density at radius 1 is 0.653 bits per heavy atom. The van der Waals surface area contributed by atoms with Gasteiger partial charge in [0, 0.05) is 72.1 Å². The number of methoxy groups -OCH3 is 1. The molecule has 2 aliphatic heterocycles. The maximum atomic E-state index is 12.6. The highest BCUT2D eigenvalue weighted by molar-refractivity contribution is 7.87. The van der Waals surface area contributed by atoms with Crippen molar-refractivity contribution in [3.05, 3.63) is 95.7 Å². The van der Waals surface area contributed by atoms with E-state index in [1.54, 1.807) is 62.1 Å². The lowest BCUT2D eigenvalue weighted by Crippen LogP contribution is -2.31. The van der Waals surface area contributed by atoms with Crippen LogP contribution >= 0.6 is 0 Å². The minimum atomic E-state index is -5.42. The molecule has 0 amide bonds. The number of ether oxygens (including phenoxy) is 3. The number of nitrogens with zero attached hydrogens (tertiary/aromatic N) is 2. The Kier molecular flexibility index (Phi) is 18.1. The first kappa shape index (κ1) is 59.2. The maximum absolute atomic E-state index is 12.6. The van der Waals surface area contributed by atoms with Crippen molar-refractivity contribution in [2.45, 2.75) is 89.7 Å². The quantitative estimate of drug-likeness (QED) is 0.0394. The van der Waals surface area contributed by atoms with Crippen LogP contribution in [-0.4, -0.2) is 145 Å². The third-order valence-electron chi connectivity index (χ3n) is 13.1. The molecular formula is C48H54N2O20S5-4. The zero-order valence-electron chi connectivity index (χ0n) is 41.0. The third kappa shape index (κ3) is 13.6. The van der Waals surface area contributed by atoms with E-state index >= 15 is 0 Å². The molecular weight excluding hydrogens is 1080 g/mol. The van der Waals surface area contributed by atoms with Crippen molar-refractivity contribution in [3.8, 4) is 0 Å². The fraction of sp³-hybridized carbons (Fsp3) is 0.417. The van der Waals surface area contributed by atoms with E-state index in [0.717, 1.165) is 12.1 Å². The zero-order valence-corrected chi connectivity index (χ0v) is 45.1. The second-order valence-electron chi connectivity index (χ2n) is 18.5. The van der Waals surface area contributed by atoms with Crippen molar-refractivity contribution >= 4 is 95.2 Å². The molecule has 4 aromatic rings. The lowest BCUT2D eigenvalue weighted by Gasteiger charge is -2.31. The van der Waals surface area contributed by atoms with Crippen molar-refractivity contribution in [1.82, 2.24) is 0 Å². The molecule has 0 aromatic heterocycles. The van der Waals surface area contributed by atoms with Crippen LogP contribution in [-0.2, 0) is 80.4 Å². The Labute approximate surface area is 435 Å². The number of carboxylic acids is 1. The molecule has 0 bridgehead atoms. The summed E-state index contributed by atoms with van der Waals surface area (Å²) in [5.41, 5.74) is -0.0925. The minimum absolute atomic E-state index is 0.0171. The van der Waals surface area contributed by atoms with Gasteiger partial charge in [-0.3, -0.25) is 4.79 Å². The van der Waals surface area contributed by atoms with Crippen LogP contribution in [0, 0.1) is 0 Å². The summed E-state index contributed by atoms with van der Waals surface area (Å²) < 4.78 is 204. The zero-order chi connectivity index (χ0) is 55.5. The molecule has 22 nitrogen and oxygen atoms in total. The molecule has 1 unspecified atom stereocenters. The number of aliphatic carboxylic acids is 1. The number of carboxylic acid groups (broad SMARTS) is 1. The van der Waals surface area contributed by atoms with E-state index < -0.39 is 92.7 Å². The number of unbranched alkanes of at least 4 members (excludes halogenated alkanes) is 2. The summed E-state index contributed by atoms with van der Waals surface area (Å²) in [5, 5.41) is 8.77. The first-order valence-corrected chi connectivity index (χ1v) is 30.4. The lowest BCUT2D eigenvalue weighted by molar-refractivity contribution is -0.438. The summed E-state index contributed by atoms with van der Waals surface area (Å²) >= 11 is 0. The topological polar surface area (TPSA) is 357 Å². The van der Waals surface area contributed by atoms with Gasteiger partial charge in [0.05, 0.1) is 68.1 Å². The van der Waals surface area contributed by atoms with Crippen LogP contribution in [0.2, 0.25) is 0 Å². The van der Waals surface area contributed by atoms with Crippen molar-refractivity contribution in [2.24, 2.45) is 0 Å². The van der Waals surface area contributed by atoms with Crippen LogP contribution < -0.4 is 4.90 Å². The van der Waals surface area contributed by atoms with Crippen LogP contribution in [0.3, 0.4) is 0 Å². The predicted molar refractivity (Wildman–Crippen MR) is 267 cm³/mol. The van der Waals surface area contributed by atoms with E-state index in [9.17, 15) is 74.8 Å². The molecule has 1 atom stereocenters. The van der Waals surface area contributed by atoms with Crippen LogP contribution in [0.5, 0.6) is 0 Å². The first-order chi connectivity index (χ1) is 34.8. The van der Waals surface area contributed by atoms with Crippen molar-refractivity contribution in [2.75, 3.05) is 63.9 Å². The summed E-state index contributed by atoms with van der Waals surface area (Å²) in [6.45, 7) is 6.55. The number of carbonyl (C=O) groups is 1. The number of fused-ring (bicyclic) bond motifs is 6. The molecule has 2 heterocycles. The monoisotopic (exact) mass is 1140 g/mol. The third-order valence-corrected chi connectivity index (χ3v) is 17.3. The van der Waals surface area contributed by atoms with E-state index in [2.05, 4.69) is 0 Å². The number of hydrogen-bond donors (Lipinski definition) is 1. The SMILES string of the molecule is COCCOCCOCCN1/C(=C/C=C/C=C/C2=[N+](CCCCCC(=O)O)c3ccc4c(S(=O)(=O)[O-])cc(S(=O)(=O)[O-])cc4c3C2(C)C)C(C)(CCCS(=O)(=O)[O-])c2c1ccc1c(S(=O)(=O)[O-])cc(S(=O)(=O)[O-])cc21. The highest BCUT2D eigenvalue weighted by Gasteiger charge is 2.47. The predicted octanol–water partition coefficient (Wildman–Crippen LogP) is 4.41. The summed E-state index contributed by atoms with van der Waals surface area (Å²) in [7, 11) is -24.7. The van der Waals surface area contributed by atoms with Crippen LogP contribution in [0.1, 0.15) is 70.4 Å². The summed E-state index contributed by atoms with van der Waals surface area (Å²) in [5.74, 6) is -1.81. The average molecular weight is 1140 g/mol. The van der Waals surface area contributed by atoms with Gasteiger partial charge in [-0.2, -0.15) is 4.58 Å². The van der Waals surface area contributed by atoms with Crippen molar-refractivity contribution < 1.29 is 93.5 Å². The van der Waals surface area contributed by atoms with Crippen molar-refractivity contribution in [1.29, 1.82) is 0 Å². The molecule has 0 saturated heterocycles. The fourth-order valence-electron chi connectivity index (χ4n) is 9.88. The molecule has 0 spiro atoms. The van der Waals surface area contributed by atoms with Gasteiger partial charge in [0.15, 0.2) is 5.71 Å². The second-order valence-corrected chi connectivity index (χ2v) is 25.5. The minimum Gasteiger partial charge on any atom is -0.748 e. The molecule has 27 heteroatoms. The van der Waals surface area contributed by atoms with Crippen LogP contribution in [0.15, 0.2) is 104 Å². The van der Waals surface area contributed by atoms with Gasteiger partial charge in [0.25, 0.3) is 0 Å². The van der Waals surface area contributed by atoms with E-state index in [1.807, 2.05) is 4.58 Å². The van der Waals surface area contributed by atoms with Gasteiger partial charge in [0.1, 0.15) is 47.0 Å². The molecule has 4 aromatic carbocycles. The smallest absolute Gasteiger partial charge is 0.303 e. The Morgan fingerprint density at radius 2 is 1.21 bits per heavy atom. The second kappa shape index (κ2) is 22.9. The molecule has 2 aliphatic rings. The molecule has 0 radical (unpaired) electrons. The largest absolute Gasteiger partial charge is 0.748 e. The average Bonchev–Trinajstić information content (AvgIpc) is 3.66. The number of rotatable bonds is 26.